The molecule has 0 aliphatic heterocycles. The Hall–Kier alpha value is -2.63. The number of rotatable bonds is 61. The highest BCUT2D eigenvalue weighted by Gasteiger charge is 2.19. The van der Waals surface area contributed by atoms with Crippen LogP contribution >= 0.6 is 0 Å². The molecule has 6 nitrogen and oxygen atoms in total. The van der Waals surface area contributed by atoms with E-state index in [0.29, 0.717) is 19.3 Å². The van der Waals surface area contributed by atoms with Crippen LogP contribution in [0.15, 0.2) is 48.6 Å². The van der Waals surface area contributed by atoms with Crippen LogP contribution in [-0.4, -0.2) is 37.2 Å². The van der Waals surface area contributed by atoms with Gasteiger partial charge in [-0.15, -0.1) is 0 Å². The SMILES string of the molecule is CC/C=C\C/C=C\C/C=C\C/C=C\CCCCCCC(=O)OC[C@H](COC(=O)CCCCCCCCCCCCCCCCCCCCCCC)OC(=O)CCCCCCCCCCCCCCCCCCCCC. The van der Waals surface area contributed by atoms with Gasteiger partial charge in [0.05, 0.1) is 0 Å². The maximum absolute atomic E-state index is 12.9. The highest BCUT2D eigenvalue weighted by Crippen LogP contribution is 2.18. The second-order valence-corrected chi connectivity index (χ2v) is 22.4. The third-order valence-corrected chi connectivity index (χ3v) is 14.8. The zero-order valence-corrected chi connectivity index (χ0v) is 50.3. The van der Waals surface area contributed by atoms with Gasteiger partial charge in [0, 0.05) is 19.3 Å². The summed E-state index contributed by atoms with van der Waals surface area (Å²) in [5, 5.41) is 0. The van der Waals surface area contributed by atoms with Crippen molar-refractivity contribution in [2.24, 2.45) is 0 Å². The average molecular weight is 1050 g/mol. The molecule has 6 heteroatoms. The van der Waals surface area contributed by atoms with Crippen LogP contribution in [0.2, 0.25) is 0 Å². The Morgan fingerprint density at radius 1 is 0.280 bits per heavy atom. The van der Waals surface area contributed by atoms with Gasteiger partial charge < -0.3 is 14.2 Å². The standard InChI is InChI=1S/C69H126O6/c1-4-7-10-13-16-19-22-25-28-31-33-34-36-38-41-44-47-50-53-56-59-62-68(71)74-65-66(64-73-67(70)61-58-55-52-49-46-43-40-37-30-27-24-21-18-15-12-9-6-3)75-69(72)63-60-57-54-51-48-45-42-39-35-32-29-26-23-20-17-14-11-8-5-2/h9,12,18,21,27,30,40,43,66H,4-8,10-11,13-17,19-20,22-26,28-29,31-39,41-42,44-65H2,1-3H3/b12-9-,21-18-,30-27-,43-40-/t66-/m1/s1. The predicted octanol–water partition coefficient (Wildman–Crippen LogP) is 22.6. The Kier molecular flexibility index (Phi) is 61.7. The zero-order chi connectivity index (χ0) is 54.3. The Balaban J connectivity index is 4.34. The van der Waals surface area contributed by atoms with Crippen molar-refractivity contribution in [2.45, 2.75) is 361 Å². The lowest BCUT2D eigenvalue weighted by Gasteiger charge is -2.18. The summed E-state index contributed by atoms with van der Waals surface area (Å²) in [6.45, 7) is 6.58. The third kappa shape index (κ3) is 62.1. The third-order valence-electron chi connectivity index (χ3n) is 14.8. The molecular formula is C69H126O6. The van der Waals surface area contributed by atoms with Gasteiger partial charge in [0.1, 0.15) is 13.2 Å². The highest BCUT2D eigenvalue weighted by atomic mass is 16.6. The molecule has 75 heavy (non-hydrogen) atoms. The lowest BCUT2D eigenvalue weighted by Crippen LogP contribution is -2.30. The molecule has 0 saturated heterocycles. The fourth-order valence-corrected chi connectivity index (χ4v) is 9.91. The van der Waals surface area contributed by atoms with E-state index in [0.717, 1.165) is 96.3 Å². The minimum Gasteiger partial charge on any atom is -0.462 e. The van der Waals surface area contributed by atoms with Crippen LogP contribution < -0.4 is 0 Å². The molecule has 0 unspecified atom stereocenters. The number of hydrogen-bond acceptors (Lipinski definition) is 6. The molecule has 0 heterocycles. The van der Waals surface area contributed by atoms with Crippen molar-refractivity contribution in [3.05, 3.63) is 48.6 Å². The molecule has 0 saturated carbocycles. The molecule has 0 aliphatic rings. The van der Waals surface area contributed by atoms with Crippen molar-refractivity contribution in [1.29, 1.82) is 0 Å². The van der Waals surface area contributed by atoms with Crippen LogP contribution in [0, 0.1) is 0 Å². The molecule has 0 aromatic heterocycles. The summed E-state index contributed by atoms with van der Waals surface area (Å²) >= 11 is 0. The highest BCUT2D eigenvalue weighted by molar-refractivity contribution is 5.71. The summed E-state index contributed by atoms with van der Waals surface area (Å²) < 4.78 is 17.0. The van der Waals surface area contributed by atoms with Crippen molar-refractivity contribution in [3.63, 3.8) is 0 Å². The topological polar surface area (TPSA) is 78.9 Å². The van der Waals surface area contributed by atoms with Gasteiger partial charge in [-0.25, -0.2) is 0 Å². The second kappa shape index (κ2) is 63.9. The molecule has 0 fully saturated rings. The van der Waals surface area contributed by atoms with Gasteiger partial charge in [0.25, 0.3) is 0 Å². The number of ether oxygens (including phenoxy) is 3. The maximum atomic E-state index is 12.9. The minimum atomic E-state index is -0.781. The Morgan fingerprint density at radius 2 is 0.520 bits per heavy atom. The maximum Gasteiger partial charge on any atom is 0.306 e. The van der Waals surface area contributed by atoms with E-state index in [4.69, 9.17) is 14.2 Å². The van der Waals surface area contributed by atoms with Crippen LogP contribution in [0.5, 0.6) is 0 Å². The lowest BCUT2D eigenvalue weighted by molar-refractivity contribution is -0.167. The zero-order valence-electron chi connectivity index (χ0n) is 50.3. The number of carbonyl (C=O) groups excluding carboxylic acids is 3. The van der Waals surface area contributed by atoms with Gasteiger partial charge in [-0.3, -0.25) is 14.4 Å². The van der Waals surface area contributed by atoms with E-state index >= 15 is 0 Å². The summed E-state index contributed by atoms with van der Waals surface area (Å²) in [7, 11) is 0. The Labute approximate surface area is 467 Å². The Bertz CT molecular complexity index is 1300. The summed E-state index contributed by atoms with van der Waals surface area (Å²) in [5.74, 6) is -0.874. The quantitative estimate of drug-likeness (QED) is 0.0261. The number of carbonyl (C=O) groups is 3. The normalized spacial score (nSPS) is 12.3. The van der Waals surface area contributed by atoms with Crippen LogP contribution in [-0.2, 0) is 28.6 Å². The summed E-state index contributed by atoms with van der Waals surface area (Å²) in [6, 6.07) is 0. The fourth-order valence-electron chi connectivity index (χ4n) is 9.91. The first kappa shape index (κ1) is 72.4. The molecule has 438 valence electrons. The van der Waals surface area contributed by atoms with Crippen molar-refractivity contribution >= 4 is 17.9 Å². The molecule has 0 aromatic carbocycles. The van der Waals surface area contributed by atoms with E-state index in [9.17, 15) is 14.4 Å². The number of unbranched alkanes of at least 4 members (excludes halogenated alkanes) is 42. The molecule has 0 aromatic rings. The van der Waals surface area contributed by atoms with Gasteiger partial charge in [-0.1, -0.05) is 326 Å². The number of allylic oxidation sites excluding steroid dienone is 8. The molecule has 1 atom stereocenters. The van der Waals surface area contributed by atoms with E-state index in [1.165, 1.54) is 218 Å². The molecule has 0 aliphatic carbocycles. The minimum absolute atomic E-state index is 0.0758. The van der Waals surface area contributed by atoms with Gasteiger partial charge in [0.2, 0.25) is 0 Å². The second-order valence-electron chi connectivity index (χ2n) is 22.4. The molecule has 0 rings (SSSR count). The van der Waals surface area contributed by atoms with Crippen molar-refractivity contribution in [1.82, 2.24) is 0 Å². The van der Waals surface area contributed by atoms with Crippen molar-refractivity contribution in [2.75, 3.05) is 13.2 Å². The van der Waals surface area contributed by atoms with Gasteiger partial charge in [-0.05, 0) is 57.8 Å². The van der Waals surface area contributed by atoms with Crippen LogP contribution in [0.3, 0.4) is 0 Å². The molecular weight excluding hydrogens is 925 g/mol. The molecule has 0 N–H and O–H groups in total. The average Bonchev–Trinajstić information content (AvgIpc) is 3.41. The van der Waals surface area contributed by atoms with Crippen LogP contribution in [0.4, 0.5) is 0 Å². The largest absolute Gasteiger partial charge is 0.462 e. The number of hydrogen-bond donors (Lipinski definition) is 0. The fraction of sp³-hybridized carbons (Fsp3) is 0.841. The van der Waals surface area contributed by atoms with E-state index in [2.05, 4.69) is 69.4 Å². The van der Waals surface area contributed by atoms with E-state index in [-0.39, 0.29) is 31.1 Å². The predicted molar refractivity (Wildman–Crippen MR) is 325 cm³/mol. The van der Waals surface area contributed by atoms with Crippen LogP contribution in [0.1, 0.15) is 355 Å². The lowest BCUT2D eigenvalue weighted by atomic mass is 10.0. The number of esters is 3. The van der Waals surface area contributed by atoms with Gasteiger partial charge in [0.15, 0.2) is 6.10 Å². The monoisotopic (exact) mass is 1050 g/mol. The molecule has 0 radical (unpaired) electrons. The van der Waals surface area contributed by atoms with E-state index in [1.807, 2.05) is 0 Å². The molecule has 0 spiro atoms. The first-order valence-electron chi connectivity index (χ1n) is 33.1. The summed E-state index contributed by atoms with van der Waals surface area (Å²) in [6.07, 6.45) is 79.8. The van der Waals surface area contributed by atoms with Crippen LogP contribution in [0.25, 0.3) is 0 Å². The Morgan fingerprint density at radius 3 is 0.813 bits per heavy atom. The van der Waals surface area contributed by atoms with E-state index < -0.39 is 6.10 Å². The van der Waals surface area contributed by atoms with E-state index in [1.54, 1.807) is 0 Å². The smallest absolute Gasteiger partial charge is 0.306 e. The summed E-state index contributed by atoms with van der Waals surface area (Å²) in [5.41, 5.74) is 0. The molecule has 0 bridgehead atoms. The van der Waals surface area contributed by atoms with Gasteiger partial charge in [-0.2, -0.15) is 0 Å². The van der Waals surface area contributed by atoms with Crippen molar-refractivity contribution in [3.8, 4) is 0 Å². The summed E-state index contributed by atoms with van der Waals surface area (Å²) in [4.78, 5) is 38.4. The van der Waals surface area contributed by atoms with Gasteiger partial charge >= 0.3 is 17.9 Å². The first-order chi connectivity index (χ1) is 37.0. The first-order valence-corrected chi connectivity index (χ1v) is 33.1. The van der Waals surface area contributed by atoms with Crippen molar-refractivity contribution < 1.29 is 28.6 Å². The molecule has 0 amide bonds.